The summed E-state index contributed by atoms with van der Waals surface area (Å²) in [5.41, 5.74) is 3.21. The third kappa shape index (κ3) is 4.08. The summed E-state index contributed by atoms with van der Waals surface area (Å²) in [6, 6.07) is 16.4. The number of benzene rings is 2. The Hall–Kier alpha value is -2.80. The summed E-state index contributed by atoms with van der Waals surface area (Å²) in [7, 11) is 0. The minimum atomic E-state index is -0.376. The predicted octanol–water partition coefficient (Wildman–Crippen LogP) is 3.31. The highest BCUT2D eigenvalue weighted by atomic mass is 16.2. The van der Waals surface area contributed by atoms with E-state index >= 15 is 0 Å². The van der Waals surface area contributed by atoms with Crippen LogP contribution >= 0.6 is 0 Å². The predicted molar refractivity (Wildman–Crippen MR) is 84.1 cm³/mol. The van der Waals surface area contributed by atoms with Gasteiger partial charge in [0.1, 0.15) is 6.04 Å². The SMILES string of the molecule is Cc1ccc(N[C@H](C)C(=O)Nc2cccc(C#N)c2)cc1. The lowest BCUT2D eigenvalue weighted by molar-refractivity contribution is -0.116. The van der Waals surface area contributed by atoms with Crippen molar-refractivity contribution in [3.05, 3.63) is 59.7 Å². The van der Waals surface area contributed by atoms with E-state index < -0.39 is 0 Å². The van der Waals surface area contributed by atoms with Crippen molar-refractivity contribution in [3.8, 4) is 6.07 Å². The van der Waals surface area contributed by atoms with Gasteiger partial charge >= 0.3 is 0 Å². The van der Waals surface area contributed by atoms with E-state index in [2.05, 4.69) is 10.6 Å². The normalized spacial score (nSPS) is 11.3. The summed E-state index contributed by atoms with van der Waals surface area (Å²) in [5.74, 6) is -0.148. The van der Waals surface area contributed by atoms with Gasteiger partial charge in [-0.2, -0.15) is 5.26 Å². The third-order valence-electron chi connectivity index (χ3n) is 3.09. The van der Waals surface area contributed by atoms with Crippen LogP contribution in [0.15, 0.2) is 48.5 Å². The van der Waals surface area contributed by atoms with Gasteiger partial charge < -0.3 is 10.6 Å². The number of carbonyl (C=O) groups is 1. The molecule has 0 spiro atoms. The molecule has 4 heteroatoms. The second kappa shape index (κ2) is 6.58. The van der Waals surface area contributed by atoms with Crippen molar-refractivity contribution >= 4 is 17.3 Å². The monoisotopic (exact) mass is 279 g/mol. The van der Waals surface area contributed by atoms with E-state index in [0.717, 1.165) is 5.69 Å². The number of hydrogen-bond donors (Lipinski definition) is 2. The van der Waals surface area contributed by atoms with Crippen molar-refractivity contribution in [2.24, 2.45) is 0 Å². The van der Waals surface area contributed by atoms with E-state index in [9.17, 15) is 4.79 Å². The Morgan fingerprint density at radius 3 is 2.52 bits per heavy atom. The molecule has 1 amide bonds. The van der Waals surface area contributed by atoms with Gasteiger partial charge in [-0.25, -0.2) is 0 Å². The van der Waals surface area contributed by atoms with Crippen LogP contribution in [-0.2, 0) is 4.79 Å². The molecule has 0 bridgehead atoms. The van der Waals surface area contributed by atoms with Gasteiger partial charge in [-0.1, -0.05) is 23.8 Å². The van der Waals surface area contributed by atoms with Crippen molar-refractivity contribution in [2.45, 2.75) is 19.9 Å². The van der Waals surface area contributed by atoms with E-state index in [1.165, 1.54) is 5.56 Å². The van der Waals surface area contributed by atoms with Gasteiger partial charge in [0.2, 0.25) is 5.91 Å². The molecule has 21 heavy (non-hydrogen) atoms. The number of rotatable bonds is 4. The number of nitrogens with zero attached hydrogens (tertiary/aromatic N) is 1. The number of amides is 1. The molecule has 0 aliphatic carbocycles. The van der Waals surface area contributed by atoms with Crippen LogP contribution in [0.25, 0.3) is 0 Å². The summed E-state index contributed by atoms with van der Waals surface area (Å²) in [4.78, 5) is 12.1. The van der Waals surface area contributed by atoms with Crippen LogP contribution in [0.5, 0.6) is 0 Å². The van der Waals surface area contributed by atoms with Gasteiger partial charge in [-0.05, 0) is 44.2 Å². The quantitative estimate of drug-likeness (QED) is 0.902. The maximum Gasteiger partial charge on any atom is 0.246 e. The Kier molecular flexibility index (Phi) is 4.57. The van der Waals surface area contributed by atoms with Crippen molar-refractivity contribution in [1.29, 1.82) is 5.26 Å². The highest BCUT2D eigenvalue weighted by molar-refractivity contribution is 5.96. The van der Waals surface area contributed by atoms with Crippen LogP contribution in [0, 0.1) is 18.3 Å². The molecule has 0 heterocycles. The minimum absolute atomic E-state index is 0.148. The zero-order chi connectivity index (χ0) is 15.2. The Morgan fingerprint density at radius 1 is 1.14 bits per heavy atom. The molecule has 0 saturated carbocycles. The minimum Gasteiger partial charge on any atom is -0.374 e. The van der Waals surface area contributed by atoms with Crippen molar-refractivity contribution in [3.63, 3.8) is 0 Å². The number of nitriles is 1. The average molecular weight is 279 g/mol. The second-order valence-corrected chi connectivity index (χ2v) is 4.91. The molecule has 0 fully saturated rings. The molecule has 0 aliphatic heterocycles. The molecule has 0 saturated heterocycles. The van der Waals surface area contributed by atoms with Gasteiger partial charge in [0.15, 0.2) is 0 Å². The molecule has 0 unspecified atom stereocenters. The Morgan fingerprint density at radius 2 is 1.86 bits per heavy atom. The van der Waals surface area contributed by atoms with Crippen LogP contribution in [0.1, 0.15) is 18.1 Å². The number of anilines is 2. The summed E-state index contributed by atoms with van der Waals surface area (Å²) < 4.78 is 0. The molecular formula is C17H17N3O. The summed E-state index contributed by atoms with van der Waals surface area (Å²) in [6.45, 7) is 3.81. The first-order valence-electron chi connectivity index (χ1n) is 6.73. The molecule has 2 aromatic carbocycles. The number of aryl methyl sites for hydroxylation is 1. The van der Waals surface area contributed by atoms with E-state index in [1.54, 1.807) is 31.2 Å². The van der Waals surface area contributed by atoms with Gasteiger partial charge in [0, 0.05) is 11.4 Å². The lowest BCUT2D eigenvalue weighted by atomic mass is 10.2. The molecule has 2 aromatic rings. The van der Waals surface area contributed by atoms with Crippen molar-refractivity contribution in [2.75, 3.05) is 10.6 Å². The van der Waals surface area contributed by atoms with Gasteiger partial charge in [0.25, 0.3) is 0 Å². The van der Waals surface area contributed by atoms with Gasteiger partial charge in [-0.15, -0.1) is 0 Å². The fourth-order valence-corrected chi connectivity index (χ4v) is 1.88. The first-order valence-corrected chi connectivity index (χ1v) is 6.73. The highest BCUT2D eigenvalue weighted by Crippen LogP contribution is 2.13. The summed E-state index contributed by atoms with van der Waals surface area (Å²) in [6.07, 6.45) is 0. The van der Waals surface area contributed by atoms with E-state index in [-0.39, 0.29) is 11.9 Å². The van der Waals surface area contributed by atoms with Crippen molar-refractivity contribution < 1.29 is 4.79 Å². The summed E-state index contributed by atoms with van der Waals surface area (Å²) in [5, 5.41) is 14.8. The number of hydrogen-bond acceptors (Lipinski definition) is 3. The third-order valence-corrected chi connectivity index (χ3v) is 3.09. The summed E-state index contributed by atoms with van der Waals surface area (Å²) >= 11 is 0. The molecule has 106 valence electrons. The largest absolute Gasteiger partial charge is 0.374 e. The van der Waals surface area contributed by atoms with E-state index in [1.807, 2.05) is 37.3 Å². The number of nitrogens with one attached hydrogen (secondary N) is 2. The number of carbonyl (C=O) groups excluding carboxylic acids is 1. The zero-order valence-corrected chi connectivity index (χ0v) is 12.1. The van der Waals surface area contributed by atoms with Crippen LogP contribution in [-0.4, -0.2) is 11.9 Å². The lowest BCUT2D eigenvalue weighted by Crippen LogP contribution is -2.31. The molecule has 0 radical (unpaired) electrons. The van der Waals surface area contributed by atoms with E-state index in [0.29, 0.717) is 11.3 Å². The maximum atomic E-state index is 12.1. The average Bonchev–Trinajstić information content (AvgIpc) is 2.49. The molecular weight excluding hydrogens is 262 g/mol. The molecule has 0 aliphatic rings. The standard InChI is InChI=1S/C17H17N3O/c1-12-6-8-15(9-7-12)19-13(2)17(21)20-16-5-3-4-14(10-16)11-18/h3-10,13,19H,1-2H3,(H,20,21)/t13-/m1/s1. The highest BCUT2D eigenvalue weighted by Gasteiger charge is 2.12. The lowest BCUT2D eigenvalue weighted by Gasteiger charge is -2.15. The molecule has 2 N–H and O–H groups in total. The zero-order valence-electron chi connectivity index (χ0n) is 12.1. The molecule has 2 rings (SSSR count). The van der Waals surface area contributed by atoms with E-state index in [4.69, 9.17) is 5.26 Å². The maximum absolute atomic E-state index is 12.1. The molecule has 4 nitrogen and oxygen atoms in total. The van der Waals surface area contributed by atoms with Gasteiger partial charge in [0.05, 0.1) is 11.6 Å². The fourth-order valence-electron chi connectivity index (χ4n) is 1.88. The van der Waals surface area contributed by atoms with Crippen molar-refractivity contribution in [1.82, 2.24) is 0 Å². The first kappa shape index (κ1) is 14.6. The smallest absolute Gasteiger partial charge is 0.246 e. The Bertz CT molecular complexity index is 671. The van der Waals surface area contributed by atoms with Gasteiger partial charge in [-0.3, -0.25) is 4.79 Å². The fraction of sp³-hybridized carbons (Fsp3) is 0.176. The Labute approximate surface area is 124 Å². The van der Waals surface area contributed by atoms with Crippen LogP contribution in [0.2, 0.25) is 0 Å². The Balaban J connectivity index is 1.99. The topological polar surface area (TPSA) is 64.9 Å². The first-order chi connectivity index (χ1) is 10.1. The molecule has 1 atom stereocenters. The van der Waals surface area contributed by atoms with Crippen LogP contribution < -0.4 is 10.6 Å². The van der Waals surface area contributed by atoms with Crippen LogP contribution in [0.4, 0.5) is 11.4 Å². The molecule has 0 aromatic heterocycles. The second-order valence-electron chi connectivity index (χ2n) is 4.91. The van der Waals surface area contributed by atoms with Crippen LogP contribution in [0.3, 0.4) is 0 Å².